The molecule has 0 bridgehead atoms. The van der Waals surface area contributed by atoms with E-state index >= 15 is 0 Å². The third-order valence-corrected chi connectivity index (χ3v) is 7.01. The summed E-state index contributed by atoms with van der Waals surface area (Å²) >= 11 is 0. The number of rotatable bonds is 9. The van der Waals surface area contributed by atoms with Gasteiger partial charge in [0.05, 0.1) is 18.2 Å². The van der Waals surface area contributed by atoms with Crippen molar-refractivity contribution in [1.29, 1.82) is 0 Å². The maximum atomic E-state index is 13.5. The van der Waals surface area contributed by atoms with Crippen molar-refractivity contribution in [3.05, 3.63) is 83.9 Å². The Morgan fingerprint density at radius 1 is 1.03 bits per heavy atom. The highest BCUT2D eigenvalue weighted by Crippen LogP contribution is 2.31. The number of aliphatic hydroxyl groups is 1. The van der Waals surface area contributed by atoms with Crippen molar-refractivity contribution in [1.82, 2.24) is 9.80 Å². The van der Waals surface area contributed by atoms with E-state index in [1.165, 1.54) is 5.56 Å². The molecule has 0 saturated carbocycles. The Hall–Kier alpha value is -3.55. The number of fused-ring (bicyclic) bond motifs is 1. The van der Waals surface area contributed by atoms with Gasteiger partial charge in [0.15, 0.2) is 0 Å². The van der Waals surface area contributed by atoms with Gasteiger partial charge in [-0.1, -0.05) is 37.3 Å². The zero-order valence-electron chi connectivity index (χ0n) is 23.0. The summed E-state index contributed by atoms with van der Waals surface area (Å²) in [6, 6.07) is 23.4. The summed E-state index contributed by atoms with van der Waals surface area (Å²) in [6.07, 6.45) is -0.133. The van der Waals surface area contributed by atoms with Crippen molar-refractivity contribution >= 4 is 11.6 Å². The predicted octanol–water partition coefficient (Wildman–Crippen LogP) is 4.90. The smallest absolute Gasteiger partial charge is 0.258 e. The molecule has 0 unspecified atom stereocenters. The molecule has 3 atom stereocenters. The molecule has 1 N–H and O–H groups in total. The molecule has 1 heterocycles. The topological polar surface area (TPSA) is 65.5 Å². The van der Waals surface area contributed by atoms with E-state index in [0.717, 1.165) is 23.7 Å². The number of hydrogen-bond donors (Lipinski definition) is 1. The van der Waals surface area contributed by atoms with Gasteiger partial charge in [0.25, 0.3) is 5.91 Å². The van der Waals surface area contributed by atoms with Crippen LogP contribution in [0.5, 0.6) is 17.2 Å². The third-order valence-electron chi connectivity index (χ3n) is 7.01. The molecule has 0 radical (unpaired) electrons. The van der Waals surface area contributed by atoms with Crippen molar-refractivity contribution in [3.8, 4) is 17.2 Å². The van der Waals surface area contributed by atoms with Gasteiger partial charge in [-0.2, -0.15) is 0 Å². The van der Waals surface area contributed by atoms with E-state index in [1.807, 2.05) is 86.6 Å². The van der Waals surface area contributed by atoms with Crippen LogP contribution in [0.25, 0.3) is 0 Å². The minimum atomic E-state index is -0.283. The molecule has 0 saturated heterocycles. The van der Waals surface area contributed by atoms with Crippen LogP contribution in [0, 0.1) is 5.92 Å². The minimum Gasteiger partial charge on any atom is -0.488 e. The lowest BCUT2D eigenvalue weighted by molar-refractivity contribution is 0.0341. The van der Waals surface area contributed by atoms with Crippen molar-refractivity contribution in [3.63, 3.8) is 0 Å². The summed E-state index contributed by atoms with van der Waals surface area (Å²) in [6.45, 7) is 5.85. The van der Waals surface area contributed by atoms with Crippen molar-refractivity contribution in [2.45, 2.75) is 32.5 Å². The van der Waals surface area contributed by atoms with Crippen LogP contribution in [0.15, 0.2) is 72.8 Å². The standard InChI is InChI=1S/C31H39N3O4/c1-22-18-34(23(2)21-35)31(36)28-17-25(32(3)4)13-16-29(28)38-30(22)20-33(5)19-24-11-14-27(15-12-24)37-26-9-7-6-8-10-26/h6-17,22-23,30,35H,18-21H2,1-5H3/t22-,23+,30-/m0/s1. The molecule has 1 aliphatic heterocycles. The molecule has 7 nitrogen and oxygen atoms in total. The Balaban J connectivity index is 1.49. The van der Waals surface area contributed by atoms with Gasteiger partial charge in [-0.3, -0.25) is 9.69 Å². The Labute approximate surface area is 226 Å². The molecule has 202 valence electrons. The molecule has 0 aromatic heterocycles. The first-order valence-electron chi connectivity index (χ1n) is 13.2. The van der Waals surface area contributed by atoms with Crippen LogP contribution in [0.3, 0.4) is 0 Å². The molecule has 38 heavy (non-hydrogen) atoms. The quantitative estimate of drug-likeness (QED) is 0.436. The monoisotopic (exact) mass is 517 g/mol. The van der Waals surface area contributed by atoms with Crippen LogP contribution in [0.4, 0.5) is 5.69 Å². The highest BCUT2D eigenvalue weighted by atomic mass is 16.5. The molecule has 0 aliphatic carbocycles. The Morgan fingerprint density at radius 3 is 2.37 bits per heavy atom. The van der Waals surface area contributed by atoms with Gasteiger partial charge in [0, 0.05) is 45.3 Å². The molecule has 1 amide bonds. The van der Waals surface area contributed by atoms with Gasteiger partial charge in [0.1, 0.15) is 23.4 Å². The number of anilines is 1. The number of likely N-dealkylation sites (N-methyl/N-ethyl adjacent to an activating group) is 1. The first kappa shape index (κ1) is 27.5. The molecular weight excluding hydrogens is 478 g/mol. The zero-order valence-corrected chi connectivity index (χ0v) is 23.0. The summed E-state index contributed by atoms with van der Waals surface area (Å²) in [7, 11) is 5.98. The van der Waals surface area contributed by atoms with Crippen LogP contribution < -0.4 is 14.4 Å². The van der Waals surface area contributed by atoms with E-state index in [-0.39, 0.29) is 30.6 Å². The van der Waals surface area contributed by atoms with E-state index in [9.17, 15) is 9.90 Å². The van der Waals surface area contributed by atoms with Crippen LogP contribution in [0.2, 0.25) is 0 Å². The van der Waals surface area contributed by atoms with Crippen molar-refractivity contribution in [2.24, 2.45) is 5.92 Å². The van der Waals surface area contributed by atoms with Gasteiger partial charge >= 0.3 is 0 Å². The lowest BCUT2D eigenvalue weighted by Crippen LogP contribution is -2.49. The largest absolute Gasteiger partial charge is 0.488 e. The average Bonchev–Trinajstić information content (AvgIpc) is 2.91. The fourth-order valence-electron chi connectivity index (χ4n) is 4.68. The Bertz CT molecular complexity index is 1200. The second-order valence-corrected chi connectivity index (χ2v) is 10.5. The predicted molar refractivity (Wildman–Crippen MR) is 151 cm³/mol. The molecule has 0 fully saturated rings. The van der Waals surface area contributed by atoms with Gasteiger partial charge in [-0.15, -0.1) is 0 Å². The summed E-state index contributed by atoms with van der Waals surface area (Å²) in [5.74, 6) is 2.16. The minimum absolute atomic E-state index is 0.0683. The first-order valence-corrected chi connectivity index (χ1v) is 13.2. The lowest BCUT2D eigenvalue weighted by atomic mass is 9.99. The molecule has 3 aromatic carbocycles. The summed E-state index contributed by atoms with van der Waals surface area (Å²) in [5.41, 5.74) is 2.64. The number of carbonyl (C=O) groups excluding carboxylic acids is 1. The molecule has 1 aliphatic rings. The number of ether oxygens (including phenoxy) is 2. The highest BCUT2D eigenvalue weighted by Gasteiger charge is 2.33. The second-order valence-electron chi connectivity index (χ2n) is 10.5. The van der Waals surface area contributed by atoms with E-state index < -0.39 is 0 Å². The number of carbonyl (C=O) groups is 1. The molecule has 0 spiro atoms. The van der Waals surface area contributed by atoms with E-state index in [1.54, 1.807) is 4.90 Å². The van der Waals surface area contributed by atoms with Crippen molar-refractivity contribution in [2.75, 3.05) is 45.7 Å². The van der Waals surface area contributed by atoms with E-state index in [0.29, 0.717) is 24.4 Å². The van der Waals surface area contributed by atoms with Crippen LogP contribution in [-0.4, -0.2) is 73.8 Å². The molecule has 3 aromatic rings. The summed E-state index contributed by atoms with van der Waals surface area (Å²) in [5, 5.41) is 9.87. The lowest BCUT2D eigenvalue weighted by Gasteiger charge is -2.38. The van der Waals surface area contributed by atoms with Crippen LogP contribution >= 0.6 is 0 Å². The highest BCUT2D eigenvalue weighted by molar-refractivity contribution is 5.98. The van der Waals surface area contributed by atoms with Gasteiger partial charge in [-0.05, 0) is 62.0 Å². The van der Waals surface area contributed by atoms with Crippen LogP contribution in [0.1, 0.15) is 29.8 Å². The fraction of sp³-hybridized carbons (Fsp3) is 0.387. The van der Waals surface area contributed by atoms with E-state index in [2.05, 4.69) is 31.0 Å². The number of para-hydroxylation sites is 1. The molecular formula is C31H39N3O4. The number of amides is 1. The van der Waals surface area contributed by atoms with Crippen molar-refractivity contribution < 1.29 is 19.4 Å². The normalized spacial score (nSPS) is 18.3. The Kier molecular flexibility index (Phi) is 8.92. The molecule has 7 heteroatoms. The summed E-state index contributed by atoms with van der Waals surface area (Å²) in [4.78, 5) is 19.5. The zero-order chi connectivity index (χ0) is 27.2. The van der Waals surface area contributed by atoms with Gasteiger partial charge < -0.3 is 24.4 Å². The molecule has 4 rings (SSSR count). The fourth-order valence-corrected chi connectivity index (χ4v) is 4.68. The number of hydrogen-bond acceptors (Lipinski definition) is 6. The Morgan fingerprint density at radius 2 is 1.71 bits per heavy atom. The average molecular weight is 518 g/mol. The number of nitrogens with zero attached hydrogens (tertiary/aromatic N) is 3. The van der Waals surface area contributed by atoms with Gasteiger partial charge in [0.2, 0.25) is 0 Å². The maximum absolute atomic E-state index is 13.5. The summed E-state index contributed by atoms with van der Waals surface area (Å²) < 4.78 is 12.4. The number of benzene rings is 3. The SMILES string of the molecule is C[C@H](CO)N1C[C@H](C)[C@H](CN(C)Cc2ccc(Oc3ccccc3)cc2)Oc2ccc(N(C)C)cc2C1=O. The second kappa shape index (κ2) is 12.3. The maximum Gasteiger partial charge on any atom is 0.258 e. The van der Waals surface area contributed by atoms with Crippen LogP contribution in [-0.2, 0) is 6.54 Å². The van der Waals surface area contributed by atoms with Gasteiger partial charge in [-0.25, -0.2) is 0 Å². The number of aliphatic hydroxyl groups excluding tert-OH is 1. The third kappa shape index (κ3) is 6.65. The van der Waals surface area contributed by atoms with E-state index in [4.69, 9.17) is 9.47 Å². The first-order chi connectivity index (χ1) is 18.2.